The smallest absolute Gasteiger partial charge is 0.242 e. The van der Waals surface area contributed by atoms with Crippen LogP contribution < -0.4 is 16.0 Å². The van der Waals surface area contributed by atoms with Gasteiger partial charge in [-0.05, 0) is 13.0 Å². The second kappa shape index (κ2) is 6.02. The Labute approximate surface area is 125 Å². The van der Waals surface area contributed by atoms with Crippen LogP contribution in [0.3, 0.4) is 0 Å². The van der Waals surface area contributed by atoms with Crippen LogP contribution in [0.2, 0.25) is 5.02 Å². The van der Waals surface area contributed by atoms with Gasteiger partial charge in [-0.15, -0.1) is 11.3 Å². The predicted octanol–water partition coefficient (Wildman–Crippen LogP) is 1.26. The highest BCUT2D eigenvalue weighted by Crippen LogP contribution is 2.21. The molecular weight excluding hydrogens is 322 g/mol. The molecule has 2 aromatic rings. The molecule has 0 radical (unpaired) electrons. The van der Waals surface area contributed by atoms with Crippen molar-refractivity contribution in [3.63, 3.8) is 0 Å². The highest BCUT2D eigenvalue weighted by atomic mass is 35.5. The molecule has 0 fully saturated rings. The van der Waals surface area contributed by atoms with Gasteiger partial charge in [-0.2, -0.15) is 0 Å². The number of rotatable bonds is 5. The van der Waals surface area contributed by atoms with Gasteiger partial charge in [0.15, 0.2) is 5.82 Å². The topological polar surface area (TPSA) is 110 Å². The lowest BCUT2D eigenvalue weighted by molar-refractivity contribution is 0.580. The van der Waals surface area contributed by atoms with Gasteiger partial charge in [0.25, 0.3) is 0 Å². The molecule has 0 bridgehead atoms. The van der Waals surface area contributed by atoms with E-state index in [0.717, 1.165) is 4.88 Å². The van der Waals surface area contributed by atoms with E-state index in [1.54, 1.807) is 6.20 Å². The summed E-state index contributed by atoms with van der Waals surface area (Å²) in [6.45, 7) is 2.02. The van der Waals surface area contributed by atoms with Crippen LogP contribution in [0.15, 0.2) is 23.4 Å². The number of nitrogens with one attached hydrogen (secondary N) is 2. The molecular formula is C10H12ClN5O2S2. The maximum Gasteiger partial charge on any atom is 0.242 e. The van der Waals surface area contributed by atoms with Gasteiger partial charge >= 0.3 is 0 Å². The minimum Gasteiger partial charge on any atom is -0.307 e. The number of hydrogen-bond acceptors (Lipinski definition) is 7. The van der Waals surface area contributed by atoms with E-state index in [1.165, 1.54) is 23.6 Å². The molecule has 10 heteroatoms. The second-order valence-corrected chi connectivity index (χ2v) is 7.33. The number of anilines is 1. The summed E-state index contributed by atoms with van der Waals surface area (Å²) >= 11 is 7.28. The number of hydrazine groups is 1. The van der Waals surface area contributed by atoms with Crippen LogP contribution in [0.4, 0.5) is 5.82 Å². The van der Waals surface area contributed by atoms with Crippen LogP contribution >= 0.6 is 22.9 Å². The van der Waals surface area contributed by atoms with Crippen LogP contribution in [-0.4, -0.2) is 18.4 Å². The average molecular weight is 334 g/mol. The maximum atomic E-state index is 12.1. The summed E-state index contributed by atoms with van der Waals surface area (Å²) in [6.07, 6.45) is 2.87. The number of aromatic nitrogens is 2. The van der Waals surface area contributed by atoms with Crippen molar-refractivity contribution in [1.29, 1.82) is 0 Å². The minimum absolute atomic E-state index is 0.0326. The van der Waals surface area contributed by atoms with Crippen LogP contribution in [0.1, 0.15) is 9.88 Å². The Morgan fingerprint density at radius 2 is 2.15 bits per heavy atom. The van der Waals surface area contributed by atoms with Gasteiger partial charge in [-0.3, -0.25) is 0 Å². The number of thiazole rings is 1. The largest absolute Gasteiger partial charge is 0.307 e. The zero-order valence-corrected chi connectivity index (χ0v) is 12.8. The zero-order chi connectivity index (χ0) is 14.8. The van der Waals surface area contributed by atoms with Crippen molar-refractivity contribution in [3.8, 4) is 0 Å². The first-order valence-corrected chi connectivity index (χ1v) is 8.13. The number of sulfonamides is 1. The van der Waals surface area contributed by atoms with Crippen LogP contribution in [0.5, 0.6) is 0 Å². The van der Waals surface area contributed by atoms with E-state index in [-0.39, 0.29) is 22.3 Å². The molecule has 2 heterocycles. The molecule has 0 aromatic carbocycles. The fourth-order valence-corrected chi connectivity index (χ4v) is 3.46. The molecule has 0 atom stereocenters. The van der Waals surface area contributed by atoms with Crippen molar-refractivity contribution in [2.75, 3.05) is 5.43 Å². The van der Waals surface area contributed by atoms with Crippen molar-refractivity contribution < 1.29 is 8.42 Å². The number of hydrogen-bond donors (Lipinski definition) is 3. The molecule has 20 heavy (non-hydrogen) atoms. The second-order valence-electron chi connectivity index (χ2n) is 3.83. The Kier molecular flexibility index (Phi) is 4.55. The molecule has 0 amide bonds. The molecule has 0 aliphatic heterocycles. The summed E-state index contributed by atoms with van der Waals surface area (Å²) < 4.78 is 26.6. The number of halogens is 1. The fraction of sp³-hybridized carbons (Fsp3) is 0.200. The van der Waals surface area contributed by atoms with Gasteiger partial charge in [0.05, 0.1) is 11.6 Å². The summed E-state index contributed by atoms with van der Waals surface area (Å²) in [7, 11) is -3.70. The lowest BCUT2D eigenvalue weighted by Gasteiger charge is -2.07. The van der Waals surface area contributed by atoms with Crippen molar-refractivity contribution in [2.24, 2.45) is 5.84 Å². The fourth-order valence-electron chi connectivity index (χ4n) is 1.40. The third-order valence-electron chi connectivity index (χ3n) is 2.35. The quantitative estimate of drug-likeness (QED) is 0.561. The van der Waals surface area contributed by atoms with E-state index in [1.807, 2.05) is 6.92 Å². The first-order valence-electron chi connectivity index (χ1n) is 5.45. The zero-order valence-electron chi connectivity index (χ0n) is 10.4. The standard InChI is InChI=1S/C10H12ClN5O2S2/c1-6-3-13-9(19-6)5-15-20(17,18)7-2-8(11)10(16-12)14-4-7/h2-4,15H,5,12H2,1H3,(H,14,16). The van der Waals surface area contributed by atoms with Gasteiger partial charge in [0.1, 0.15) is 9.90 Å². The van der Waals surface area contributed by atoms with Crippen molar-refractivity contribution in [2.45, 2.75) is 18.4 Å². The Bertz CT molecular complexity index is 716. The average Bonchev–Trinajstić information content (AvgIpc) is 2.82. The maximum absolute atomic E-state index is 12.1. The monoisotopic (exact) mass is 333 g/mol. The number of nitrogens with two attached hydrogens (primary N) is 1. The van der Waals surface area contributed by atoms with Crippen LogP contribution in [0.25, 0.3) is 0 Å². The van der Waals surface area contributed by atoms with Crippen LogP contribution in [-0.2, 0) is 16.6 Å². The Balaban J connectivity index is 2.15. The van der Waals surface area contributed by atoms with E-state index in [2.05, 4.69) is 20.1 Å². The lowest BCUT2D eigenvalue weighted by atomic mass is 10.5. The molecule has 7 nitrogen and oxygen atoms in total. The summed E-state index contributed by atoms with van der Waals surface area (Å²) in [4.78, 5) is 8.89. The first kappa shape index (κ1) is 15.1. The highest BCUT2D eigenvalue weighted by Gasteiger charge is 2.17. The summed E-state index contributed by atoms with van der Waals surface area (Å²) in [6, 6.07) is 1.28. The summed E-state index contributed by atoms with van der Waals surface area (Å²) in [5, 5.41) is 0.811. The summed E-state index contributed by atoms with van der Waals surface area (Å²) in [5.74, 6) is 5.39. The van der Waals surface area contributed by atoms with E-state index >= 15 is 0 Å². The third-order valence-corrected chi connectivity index (χ3v) is 4.91. The molecule has 0 aliphatic carbocycles. The number of nitrogen functional groups attached to an aromatic ring is 1. The Morgan fingerprint density at radius 3 is 2.70 bits per heavy atom. The molecule has 0 aliphatic rings. The predicted molar refractivity (Wildman–Crippen MR) is 77.9 cm³/mol. The molecule has 4 N–H and O–H groups in total. The van der Waals surface area contributed by atoms with E-state index in [4.69, 9.17) is 17.4 Å². The third kappa shape index (κ3) is 3.44. The number of aryl methyl sites for hydroxylation is 1. The number of nitrogens with zero attached hydrogens (tertiary/aromatic N) is 2. The number of pyridine rings is 1. The molecule has 0 spiro atoms. The van der Waals surface area contributed by atoms with Crippen LogP contribution in [0, 0.1) is 6.92 Å². The normalized spacial score (nSPS) is 11.6. The van der Waals surface area contributed by atoms with E-state index in [0.29, 0.717) is 5.01 Å². The highest BCUT2D eigenvalue weighted by molar-refractivity contribution is 7.89. The lowest BCUT2D eigenvalue weighted by Crippen LogP contribution is -2.23. The molecule has 0 unspecified atom stereocenters. The molecule has 2 aromatic heterocycles. The van der Waals surface area contributed by atoms with Crippen molar-refractivity contribution in [3.05, 3.63) is 33.4 Å². The Morgan fingerprint density at radius 1 is 1.40 bits per heavy atom. The molecule has 108 valence electrons. The van der Waals surface area contributed by atoms with Gasteiger partial charge in [0.2, 0.25) is 10.0 Å². The Hall–Kier alpha value is -1.26. The van der Waals surface area contributed by atoms with Crippen molar-refractivity contribution >= 4 is 38.8 Å². The molecule has 2 rings (SSSR count). The SMILES string of the molecule is Cc1cnc(CNS(=O)(=O)c2cnc(NN)c(Cl)c2)s1. The van der Waals surface area contributed by atoms with E-state index < -0.39 is 10.0 Å². The van der Waals surface area contributed by atoms with Crippen molar-refractivity contribution in [1.82, 2.24) is 14.7 Å². The molecule has 0 saturated carbocycles. The van der Waals surface area contributed by atoms with Gasteiger partial charge < -0.3 is 5.43 Å². The van der Waals surface area contributed by atoms with Gasteiger partial charge in [-0.25, -0.2) is 29.0 Å². The summed E-state index contributed by atoms with van der Waals surface area (Å²) in [5.41, 5.74) is 2.27. The molecule has 0 saturated heterocycles. The minimum atomic E-state index is -3.70. The first-order chi connectivity index (χ1) is 9.42. The van der Waals surface area contributed by atoms with Gasteiger partial charge in [0, 0.05) is 17.3 Å². The van der Waals surface area contributed by atoms with E-state index in [9.17, 15) is 8.42 Å². The van der Waals surface area contributed by atoms with Gasteiger partial charge in [-0.1, -0.05) is 11.6 Å².